The number of carbonyl (C=O) groups is 2. The molecule has 2 heterocycles. The van der Waals surface area contributed by atoms with Gasteiger partial charge in [-0.25, -0.2) is 4.79 Å². The van der Waals surface area contributed by atoms with Crippen molar-refractivity contribution >= 4 is 12.0 Å². The molecule has 0 unspecified atom stereocenters. The number of piperazine rings is 1. The minimum atomic E-state index is -0.324. The molecule has 0 atom stereocenters. The average molecular weight is 370 g/mol. The van der Waals surface area contributed by atoms with Gasteiger partial charge in [-0.15, -0.1) is 10.2 Å². The zero-order valence-electron chi connectivity index (χ0n) is 15.4. The standard InChI is InChI=1S/C19H22N4O4/c1-3-27-19(25)23-12-10-22(11-13-23)18(24)15-6-4-14(5-7-15)16-8-9-17(26-2)21-20-16/h4-9H,3,10-13H2,1-2H3. The van der Waals surface area contributed by atoms with Gasteiger partial charge in [-0.2, -0.15) is 0 Å². The molecule has 1 aliphatic rings. The molecule has 0 aliphatic carbocycles. The molecule has 2 amide bonds. The van der Waals surface area contributed by atoms with Gasteiger partial charge in [-0.05, 0) is 25.1 Å². The van der Waals surface area contributed by atoms with E-state index in [9.17, 15) is 9.59 Å². The summed E-state index contributed by atoms with van der Waals surface area (Å²) in [5, 5.41) is 8.05. The fourth-order valence-electron chi connectivity index (χ4n) is 2.86. The Morgan fingerprint density at radius 2 is 1.63 bits per heavy atom. The Kier molecular flexibility index (Phi) is 5.85. The largest absolute Gasteiger partial charge is 0.480 e. The first kappa shape index (κ1) is 18.6. The minimum absolute atomic E-state index is 0.0501. The van der Waals surface area contributed by atoms with Crippen molar-refractivity contribution in [2.75, 3.05) is 39.9 Å². The topological polar surface area (TPSA) is 84.9 Å². The lowest BCUT2D eigenvalue weighted by Crippen LogP contribution is -2.50. The van der Waals surface area contributed by atoms with Crippen LogP contribution in [0, 0.1) is 0 Å². The fraction of sp³-hybridized carbons (Fsp3) is 0.368. The highest BCUT2D eigenvalue weighted by Crippen LogP contribution is 2.19. The first-order valence-electron chi connectivity index (χ1n) is 8.81. The molecular weight excluding hydrogens is 348 g/mol. The van der Waals surface area contributed by atoms with E-state index in [4.69, 9.17) is 9.47 Å². The third-order valence-corrected chi connectivity index (χ3v) is 4.37. The Labute approximate surface area is 157 Å². The first-order chi connectivity index (χ1) is 13.1. The molecule has 1 fully saturated rings. The SMILES string of the molecule is CCOC(=O)N1CCN(C(=O)c2ccc(-c3ccc(OC)nn3)cc2)CC1. The Morgan fingerprint density at radius 1 is 0.963 bits per heavy atom. The van der Waals surface area contributed by atoms with Crippen LogP contribution in [0.4, 0.5) is 4.79 Å². The highest BCUT2D eigenvalue weighted by atomic mass is 16.6. The van der Waals surface area contributed by atoms with Crippen molar-refractivity contribution in [2.24, 2.45) is 0 Å². The summed E-state index contributed by atoms with van der Waals surface area (Å²) in [6.07, 6.45) is -0.324. The zero-order chi connectivity index (χ0) is 19.2. The number of methoxy groups -OCH3 is 1. The van der Waals surface area contributed by atoms with Gasteiger partial charge in [-0.3, -0.25) is 4.79 Å². The van der Waals surface area contributed by atoms with E-state index < -0.39 is 0 Å². The maximum Gasteiger partial charge on any atom is 0.409 e. The molecule has 3 rings (SSSR count). The third kappa shape index (κ3) is 4.33. The van der Waals surface area contributed by atoms with Crippen LogP contribution >= 0.6 is 0 Å². The number of carbonyl (C=O) groups excluding carboxylic acids is 2. The smallest absolute Gasteiger partial charge is 0.409 e. The van der Waals surface area contributed by atoms with E-state index in [1.165, 1.54) is 7.11 Å². The third-order valence-electron chi connectivity index (χ3n) is 4.37. The number of benzene rings is 1. The lowest BCUT2D eigenvalue weighted by molar-refractivity contribution is 0.0570. The number of hydrogen-bond acceptors (Lipinski definition) is 6. The summed E-state index contributed by atoms with van der Waals surface area (Å²) in [7, 11) is 1.54. The van der Waals surface area contributed by atoms with Crippen LogP contribution in [0.25, 0.3) is 11.3 Å². The second-order valence-electron chi connectivity index (χ2n) is 6.02. The van der Waals surface area contributed by atoms with Crippen LogP contribution in [0.3, 0.4) is 0 Å². The molecule has 0 radical (unpaired) electrons. The molecule has 1 aromatic heterocycles. The van der Waals surface area contributed by atoms with Crippen molar-refractivity contribution in [1.29, 1.82) is 0 Å². The van der Waals surface area contributed by atoms with Gasteiger partial charge in [0.05, 0.1) is 19.4 Å². The number of hydrogen-bond donors (Lipinski definition) is 0. The summed E-state index contributed by atoms with van der Waals surface area (Å²) < 4.78 is 10.00. The van der Waals surface area contributed by atoms with Gasteiger partial charge in [0.25, 0.3) is 5.91 Å². The van der Waals surface area contributed by atoms with Gasteiger partial charge in [0.1, 0.15) is 0 Å². The summed E-state index contributed by atoms with van der Waals surface area (Å²) in [5.41, 5.74) is 2.18. The molecule has 27 heavy (non-hydrogen) atoms. The minimum Gasteiger partial charge on any atom is -0.480 e. The summed E-state index contributed by atoms with van der Waals surface area (Å²) in [6.45, 7) is 4.06. The monoisotopic (exact) mass is 370 g/mol. The number of nitrogens with zero attached hydrogens (tertiary/aromatic N) is 4. The van der Waals surface area contributed by atoms with Crippen LogP contribution in [0.5, 0.6) is 5.88 Å². The number of rotatable bonds is 4. The predicted octanol–water partition coefficient (Wildman–Crippen LogP) is 2.07. The van der Waals surface area contributed by atoms with Gasteiger partial charge in [0.2, 0.25) is 5.88 Å². The van der Waals surface area contributed by atoms with Crippen molar-refractivity contribution in [2.45, 2.75) is 6.92 Å². The summed E-state index contributed by atoms with van der Waals surface area (Å²) in [5.74, 6) is 0.401. The molecule has 142 valence electrons. The van der Waals surface area contributed by atoms with Gasteiger partial charge < -0.3 is 19.3 Å². The maximum absolute atomic E-state index is 12.7. The van der Waals surface area contributed by atoms with Crippen LogP contribution < -0.4 is 4.74 Å². The Morgan fingerprint density at radius 3 is 2.19 bits per heavy atom. The van der Waals surface area contributed by atoms with Crippen molar-refractivity contribution in [3.63, 3.8) is 0 Å². The van der Waals surface area contributed by atoms with Gasteiger partial charge >= 0.3 is 6.09 Å². The summed E-state index contributed by atoms with van der Waals surface area (Å²) in [6, 6.07) is 10.8. The lowest BCUT2D eigenvalue weighted by Gasteiger charge is -2.34. The van der Waals surface area contributed by atoms with Crippen LogP contribution in [0.15, 0.2) is 36.4 Å². The van der Waals surface area contributed by atoms with Gasteiger partial charge in [-0.1, -0.05) is 12.1 Å². The second kappa shape index (κ2) is 8.48. The van der Waals surface area contributed by atoms with E-state index in [1.807, 2.05) is 18.2 Å². The van der Waals surface area contributed by atoms with E-state index in [0.29, 0.717) is 49.9 Å². The maximum atomic E-state index is 12.7. The molecule has 0 spiro atoms. The van der Waals surface area contributed by atoms with E-state index >= 15 is 0 Å². The van der Waals surface area contributed by atoms with E-state index in [2.05, 4.69) is 10.2 Å². The zero-order valence-corrected chi connectivity index (χ0v) is 15.4. The van der Waals surface area contributed by atoms with Crippen molar-refractivity contribution in [3.05, 3.63) is 42.0 Å². The highest BCUT2D eigenvalue weighted by molar-refractivity contribution is 5.94. The second-order valence-corrected chi connectivity index (χ2v) is 6.02. The first-order valence-corrected chi connectivity index (χ1v) is 8.81. The number of ether oxygens (including phenoxy) is 2. The average Bonchev–Trinajstić information content (AvgIpc) is 2.74. The van der Waals surface area contributed by atoms with Crippen molar-refractivity contribution in [3.8, 4) is 17.1 Å². The molecule has 0 N–H and O–H groups in total. The lowest BCUT2D eigenvalue weighted by atomic mass is 10.1. The summed E-state index contributed by atoms with van der Waals surface area (Å²) in [4.78, 5) is 27.8. The van der Waals surface area contributed by atoms with Crippen LogP contribution in [-0.2, 0) is 4.74 Å². The fourth-order valence-corrected chi connectivity index (χ4v) is 2.86. The van der Waals surface area contributed by atoms with Gasteiger partial charge in [0, 0.05) is 43.4 Å². The van der Waals surface area contributed by atoms with Crippen LogP contribution in [0.1, 0.15) is 17.3 Å². The van der Waals surface area contributed by atoms with Crippen LogP contribution in [0.2, 0.25) is 0 Å². The molecule has 1 aliphatic heterocycles. The normalized spacial score (nSPS) is 14.0. The molecular formula is C19H22N4O4. The van der Waals surface area contributed by atoms with Crippen molar-refractivity contribution < 1.29 is 19.1 Å². The number of amides is 2. The molecule has 8 nitrogen and oxygen atoms in total. The Hall–Kier alpha value is -3.16. The highest BCUT2D eigenvalue weighted by Gasteiger charge is 2.25. The molecule has 0 bridgehead atoms. The molecule has 1 aromatic carbocycles. The Balaban J connectivity index is 1.61. The quantitative estimate of drug-likeness (QED) is 0.819. The molecule has 0 saturated carbocycles. The van der Waals surface area contributed by atoms with Crippen LogP contribution in [-0.4, -0.2) is 71.9 Å². The van der Waals surface area contributed by atoms with Gasteiger partial charge in [0.15, 0.2) is 0 Å². The number of aromatic nitrogens is 2. The molecule has 2 aromatic rings. The van der Waals surface area contributed by atoms with E-state index in [0.717, 1.165) is 5.56 Å². The predicted molar refractivity (Wildman–Crippen MR) is 98.5 cm³/mol. The van der Waals surface area contributed by atoms with E-state index in [-0.39, 0.29) is 12.0 Å². The Bertz CT molecular complexity index is 784. The summed E-state index contributed by atoms with van der Waals surface area (Å²) >= 11 is 0. The van der Waals surface area contributed by atoms with Crippen molar-refractivity contribution in [1.82, 2.24) is 20.0 Å². The van der Waals surface area contributed by atoms with E-state index in [1.54, 1.807) is 34.9 Å². The molecule has 8 heteroatoms. The molecule has 1 saturated heterocycles.